The van der Waals surface area contributed by atoms with Crippen LogP contribution in [0.15, 0.2) is 48.5 Å². The van der Waals surface area contributed by atoms with Crippen LogP contribution < -0.4 is 16.0 Å². The lowest BCUT2D eigenvalue weighted by Crippen LogP contribution is -2.35. The van der Waals surface area contributed by atoms with Crippen molar-refractivity contribution in [3.8, 4) is 0 Å². The Balaban J connectivity index is 1.80. The van der Waals surface area contributed by atoms with Crippen molar-refractivity contribution < 1.29 is 23.5 Å². The molecule has 0 saturated heterocycles. The summed E-state index contributed by atoms with van der Waals surface area (Å²) in [5, 5.41) is 7.90. The molecule has 3 amide bonds. The number of carbonyl (C=O) groups excluding carboxylic acids is 3. The van der Waals surface area contributed by atoms with Gasteiger partial charge < -0.3 is 20.7 Å². The van der Waals surface area contributed by atoms with Crippen molar-refractivity contribution in [1.82, 2.24) is 10.6 Å². The van der Waals surface area contributed by atoms with Crippen LogP contribution in [0.5, 0.6) is 0 Å². The lowest BCUT2D eigenvalue weighted by molar-refractivity contribution is -0.121. The van der Waals surface area contributed by atoms with E-state index in [1.165, 1.54) is 18.2 Å². The summed E-state index contributed by atoms with van der Waals surface area (Å²) in [7, 11) is 0. The molecule has 0 unspecified atom stereocenters. The van der Waals surface area contributed by atoms with E-state index in [1.54, 1.807) is 51.1 Å². The van der Waals surface area contributed by atoms with Gasteiger partial charge in [-0.05, 0) is 50.6 Å². The van der Waals surface area contributed by atoms with Crippen LogP contribution in [-0.2, 0) is 16.1 Å². The molecule has 0 bridgehead atoms. The summed E-state index contributed by atoms with van der Waals surface area (Å²) >= 11 is 0. The standard InChI is InChI=1S/C22H26FN3O4/c1-22(2,3)30-21(29)24-12-11-19(27)25-14-15-7-6-8-16(13-15)26-20(28)17-9-4-5-10-18(17)23/h4-10,13H,11-12,14H2,1-3H3,(H,24,29)(H,25,27)(H,26,28). The Morgan fingerprint density at radius 3 is 2.43 bits per heavy atom. The minimum Gasteiger partial charge on any atom is -0.444 e. The highest BCUT2D eigenvalue weighted by atomic mass is 19.1. The Hall–Kier alpha value is -3.42. The Morgan fingerprint density at radius 1 is 1.00 bits per heavy atom. The summed E-state index contributed by atoms with van der Waals surface area (Å²) in [5.41, 5.74) is 0.601. The van der Waals surface area contributed by atoms with E-state index < -0.39 is 23.4 Å². The molecule has 0 aliphatic rings. The van der Waals surface area contributed by atoms with Crippen molar-refractivity contribution in [2.75, 3.05) is 11.9 Å². The number of amides is 3. The van der Waals surface area contributed by atoms with Gasteiger partial charge in [-0.3, -0.25) is 9.59 Å². The molecular formula is C22H26FN3O4. The molecular weight excluding hydrogens is 389 g/mol. The first kappa shape index (κ1) is 22.9. The van der Waals surface area contributed by atoms with Gasteiger partial charge in [0, 0.05) is 25.2 Å². The van der Waals surface area contributed by atoms with Crippen LogP contribution in [0.2, 0.25) is 0 Å². The van der Waals surface area contributed by atoms with E-state index in [4.69, 9.17) is 4.74 Å². The van der Waals surface area contributed by atoms with Crippen LogP contribution >= 0.6 is 0 Å². The summed E-state index contributed by atoms with van der Waals surface area (Å²) in [6.45, 7) is 5.67. The maximum Gasteiger partial charge on any atom is 0.407 e. The SMILES string of the molecule is CC(C)(C)OC(=O)NCCC(=O)NCc1cccc(NC(=O)c2ccccc2F)c1. The molecule has 0 saturated carbocycles. The first-order valence-electron chi connectivity index (χ1n) is 9.52. The number of alkyl carbamates (subject to hydrolysis) is 1. The molecule has 0 radical (unpaired) electrons. The summed E-state index contributed by atoms with van der Waals surface area (Å²) < 4.78 is 18.8. The van der Waals surface area contributed by atoms with Crippen LogP contribution in [0.25, 0.3) is 0 Å². The van der Waals surface area contributed by atoms with Gasteiger partial charge in [-0.2, -0.15) is 0 Å². The third-order valence-electron chi connectivity index (χ3n) is 3.81. The number of rotatable bonds is 7. The summed E-state index contributed by atoms with van der Waals surface area (Å²) in [4.78, 5) is 35.7. The van der Waals surface area contributed by atoms with Gasteiger partial charge in [-0.25, -0.2) is 9.18 Å². The van der Waals surface area contributed by atoms with E-state index in [0.29, 0.717) is 5.69 Å². The summed E-state index contributed by atoms with van der Waals surface area (Å²) in [6, 6.07) is 12.6. The molecule has 0 aliphatic carbocycles. The molecule has 0 aliphatic heterocycles. The zero-order valence-corrected chi connectivity index (χ0v) is 17.3. The van der Waals surface area contributed by atoms with Gasteiger partial charge in [0.05, 0.1) is 5.56 Å². The predicted molar refractivity (Wildman–Crippen MR) is 111 cm³/mol. The van der Waals surface area contributed by atoms with Crippen molar-refractivity contribution >= 4 is 23.6 Å². The average Bonchev–Trinajstić information content (AvgIpc) is 2.65. The lowest BCUT2D eigenvalue weighted by atomic mass is 10.1. The number of ether oxygens (including phenoxy) is 1. The van der Waals surface area contributed by atoms with Gasteiger partial charge >= 0.3 is 6.09 Å². The van der Waals surface area contributed by atoms with Crippen molar-refractivity contribution in [3.63, 3.8) is 0 Å². The van der Waals surface area contributed by atoms with Crippen molar-refractivity contribution in [3.05, 3.63) is 65.5 Å². The van der Waals surface area contributed by atoms with E-state index >= 15 is 0 Å². The van der Waals surface area contributed by atoms with Gasteiger partial charge in [-0.15, -0.1) is 0 Å². The molecule has 7 nitrogen and oxygen atoms in total. The molecule has 2 aromatic rings. The highest BCUT2D eigenvalue weighted by molar-refractivity contribution is 6.04. The Labute approximate surface area is 175 Å². The Bertz CT molecular complexity index is 909. The highest BCUT2D eigenvalue weighted by Crippen LogP contribution is 2.14. The second kappa shape index (κ2) is 10.4. The molecule has 160 valence electrons. The molecule has 0 heterocycles. The molecule has 2 aromatic carbocycles. The highest BCUT2D eigenvalue weighted by Gasteiger charge is 2.16. The zero-order chi connectivity index (χ0) is 22.1. The third-order valence-corrected chi connectivity index (χ3v) is 3.81. The first-order chi connectivity index (χ1) is 14.1. The molecule has 8 heteroatoms. The minimum absolute atomic E-state index is 0.0475. The second-order valence-corrected chi connectivity index (χ2v) is 7.59. The Kier molecular flexibility index (Phi) is 7.91. The summed E-state index contributed by atoms with van der Waals surface area (Å²) in [5.74, 6) is -1.40. The number of nitrogens with one attached hydrogen (secondary N) is 3. The summed E-state index contributed by atoms with van der Waals surface area (Å²) in [6.07, 6.45) is -0.475. The first-order valence-corrected chi connectivity index (χ1v) is 9.52. The fourth-order valence-corrected chi connectivity index (χ4v) is 2.48. The van der Waals surface area contributed by atoms with E-state index in [9.17, 15) is 18.8 Å². The maximum atomic E-state index is 13.7. The number of halogens is 1. The van der Waals surface area contributed by atoms with Gasteiger partial charge in [0.25, 0.3) is 5.91 Å². The van der Waals surface area contributed by atoms with Crippen LogP contribution in [0.1, 0.15) is 43.1 Å². The van der Waals surface area contributed by atoms with E-state index in [2.05, 4.69) is 16.0 Å². The molecule has 0 atom stereocenters. The quantitative estimate of drug-likeness (QED) is 0.644. The maximum absolute atomic E-state index is 13.7. The van der Waals surface area contributed by atoms with Crippen LogP contribution in [0.4, 0.5) is 14.9 Å². The monoisotopic (exact) mass is 415 g/mol. The van der Waals surface area contributed by atoms with Crippen LogP contribution in [-0.4, -0.2) is 30.1 Å². The lowest BCUT2D eigenvalue weighted by Gasteiger charge is -2.19. The fraction of sp³-hybridized carbons (Fsp3) is 0.318. The van der Waals surface area contributed by atoms with E-state index in [1.807, 2.05) is 0 Å². The Morgan fingerprint density at radius 2 is 1.73 bits per heavy atom. The van der Waals surface area contributed by atoms with E-state index in [-0.39, 0.29) is 31.0 Å². The van der Waals surface area contributed by atoms with Gasteiger partial charge in [0.2, 0.25) is 5.91 Å². The van der Waals surface area contributed by atoms with Gasteiger partial charge in [0.15, 0.2) is 0 Å². The third kappa shape index (κ3) is 7.90. The topological polar surface area (TPSA) is 96.5 Å². The second-order valence-electron chi connectivity index (χ2n) is 7.59. The number of hydrogen-bond donors (Lipinski definition) is 3. The minimum atomic E-state index is -0.599. The van der Waals surface area contributed by atoms with Crippen LogP contribution in [0.3, 0.4) is 0 Å². The van der Waals surface area contributed by atoms with Crippen molar-refractivity contribution in [2.24, 2.45) is 0 Å². The molecule has 30 heavy (non-hydrogen) atoms. The van der Waals surface area contributed by atoms with Crippen LogP contribution in [0, 0.1) is 5.82 Å². The smallest absolute Gasteiger partial charge is 0.407 e. The molecule has 3 N–H and O–H groups in total. The van der Waals surface area contributed by atoms with Gasteiger partial charge in [-0.1, -0.05) is 24.3 Å². The van der Waals surface area contributed by atoms with Crippen molar-refractivity contribution in [2.45, 2.75) is 39.3 Å². The average molecular weight is 415 g/mol. The molecule has 0 fully saturated rings. The zero-order valence-electron chi connectivity index (χ0n) is 17.3. The molecule has 0 aromatic heterocycles. The van der Waals surface area contributed by atoms with E-state index in [0.717, 1.165) is 5.56 Å². The molecule has 0 spiro atoms. The predicted octanol–water partition coefficient (Wildman–Crippen LogP) is 3.61. The van der Waals surface area contributed by atoms with Gasteiger partial charge in [0.1, 0.15) is 11.4 Å². The molecule has 2 rings (SSSR count). The number of anilines is 1. The normalized spacial score (nSPS) is 10.8. The number of carbonyl (C=O) groups is 3. The largest absolute Gasteiger partial charge is 0.444 e. The van der Waals surface area contributed by atoms with Crippen molar-refractivity contribution in [1.29, 1.82) is 0 Å². The number of hydrogen-bond acceptors (Lipinski definition) is 4. The fourth-order valence-electron chi connectivity index (χ4n) is 2.48. The number of benzene rings is 2.